The van der Waals surface area contributed by atoms with Crippen molar-refractivity contribution in [2.75, 3.05) is 20.1 Å². The van der Waals surface area contributed by atoms with E-state index < -0.39 is 5.60 Å². The molecule has 1 aromatic rings. The van der Waals surface area contributed by atoms with Crippen LogP contribution in [0.1, 0.15) is 31.2 Å². The molecule has 1 aromatic heterocycles. The Hall–Kier alpha value is -0.380. The van der Waals surface area contributed by atoms with Crippen molar-refractivity contribution in [1.29, 1.82) is 0 Å². The summed E-state index contributed by atoms with van der Waals surface area (Å²) in [5, 5.41) is 14.6. The monoisotopic (exact) mass is 239 g/mol. The molecule has 0 aromatic carbocycles. The molecule has 1 heterocycles. The molecule has 0 spiro atoms. The molecule has 90 valence electrons. The summed E-state index contributed by atoms with van der Waals surface area (Å²) in [5.74, 6) is 0. The minimum atomic E-state index is -0.399. The maximum atomic E-state index is 10.3. The van der Waals surface area contributed by atoms with E-state index in [1.165, 1.54) is 18.4 Å². The van der Waals surface area contributed by atoms with Crippen molar-refractivity contribution in [2.24, 2.45) is 0 Å². The first-order valence-electron chi connectivity index (χ1n) is 6.10. The fraction of sp³-hybridized carbons (Fsp3) is 0.692. The van der Waals surface area contributed by atoms with Gasteiger partial charge in [0, 0.05) is 13.1 Å². The van der Waals surface area contributed by atoms with Crippen LogP contribution in [0, 0.1) is 0 Å². The molecule has 0 aliphatic heterocycles. The molecule has 1 aliphatic rings. The predicted octanol–water partition coefficient (Wildman–Crippen LogP) is 2.53. The molecule has 1 saturated carbocycles. The van der Waals surface area contributed by atoms with Crippen molar-refractivity contribution in [3.05, 3.63) is 22.4 Å². The number of nitrogens with zero attached hydrogens (tertiary/aromatic N) is 1. The molecular formula is C13H21NOS. The zero-order valence-corrected chi connectivity index (χ0v) is 10.8. The molecular weight excluding hydrogens is 218 g/mol. The largest absolute Gasteiger partial charge is 0.389 e. The van der Waals surface area contributed by atoms with Gasteiger partial charge in [0.2, 0.25) is 0 Å². The van der Waals surface area contributed by atoms with E-state index in [1.807, 2.05) is 0 Å². The Kier molecular flexibility index (Phi) is 4.00. The van der Waals surface area contributed by atoms with E-state index in [0.29, 0.717) is 0 Å². The Labute approximate surface area is 102 Å². The van der Waals surface area contributed by atoms with Gasteiger partial charge in [0.1, 0.15) is 0 Å². The van der Waals surface area contributed by atoms with Crippen molar-refractivity contribution < 1.29 is 5.11 Å². The molecule has 1 N–H and O–H groups in total. The highest BCUT2D eigenvalue weighted by molar-refractivity contribution is 7.07. The average Bonchev–Trinajstić information content (AvgIpc) is 2.86. The van der Waals surface area contributed by atoms with E-state index in [2.05, 4.69) is 28.8 Å². The molecule has 0 bridgehead atoms. The average molecular weight is 239 g/mol. The van der Waals surface area contributed by atoms with E-state index >= 15 is 0 Å². The summed E-state index contributed by atoms with van der Waals surface area (Å²) < 4.78 is 0. The van der Waals surface area contributed by atoms with Gasteiger partial charge < -0.3 is 10.0 Å². The standard InChI is InChI=1S/C13H21NOS/c1-14(8-4-12-5-9-16-10-12)11-13(15)6-2-3-7-13/h5,9-10,15H,2-4,6-8,11H2,1H3. The summed E-state index contributed by atoms with van der Waals surface area (Å²) in [6.45, 7) is 1.87. The van der Waals surface area contributed by atoms with Gasteiger partial charge in [0.25, 0.3) is 0 Å². The first-order valence-corrected chi connectivity index (χ1v) is 7.04. The molecule has 1 fully saturated rings. The highest BCUT2D eigenvalue weighted by Crippen LogP contribution is 2.29. The Bertz CT molecular complexity index is 304. The number of thiophene rings is 1. The smallest absolute Gasteiger partial charge is 0.0774 e. The third-order valence-electron chi connectivity index (χ3n) is 3.46. The fourth-order valence-corrected chi connectivity index (χ4v) is 3.23. The number of likely N-dealkylation sites (N-methyl/N-ethyl adjacent to an activating group) is 1. The van der Waals surface area contributed by atoms with E-state index in [1.54, 1.807) is 11.3 Å². The fourth-order valence-electron chi connectivity index (χ4n) is 2.53. The maximum Gasteiger partial charge on any atom is 0.0774 e. The van der Waals surface area contributed by atoms with Crippen LogP contribution in [0.2, 0.25) is 0 Å². The number of hydrogen-bond donors (Lipinski definition) is 1. The van der Waals surface area contributed by atoms with Crippen LogP contribution in [0.25, 0.3) is 0 Å². The van der Waals surface area contributed by atoms with Gasteiger partial charge in [-0.3, -0.25) is 0 Å². The Morgan fingerprint density at radius 2 is 2.19 bits per heavy atom. The second kappa shape index (κ2) is 5.30. The second-order valence-corrected chi connectivity index (χ2v) is 5.83. The summed E-state index contributed by atoms with van der Waals surface area (Å²) >= 11 is 1.76. The number of aliphatic hydroxyl groups is 1. The molecule has 16 heavy (non-hydrogen) atoms. The van der Waals surface area contributed by atoms with Crippen LogP contribution in [0.3, 0.4) is 0 Å². The summed E-state index contributed by atoms with van der Waals surface area (Å²) in [5.41, 5.74) is 1.01. The summed E-state index contributed by atoms with van der Waals surface area (Å²) in [4.78, 5) is 2.27. The molecule has 0 radical (unpaired) electrons. The molecule has 0 unspecified atom stereocenters. The molecule has 3 heteroatoms. The van der Waals surface area contributed by atoms with Gasteiger partial charge in [-0.25, -0.2) is 0 Å². The first kappa shape index (κ1) is 12.1. The van der Waals surface area contributed by atoms with Gasteiger partial charge in [0.05, 0.1) is 5.60 Å². The van der Waals surface area contributed by atoms with Gasteiger partial charge >= 0.3 is 0 Å². The Morgan fingerprint density at radius 3 is 2.81 bits per heavy atom. The third kappa shape index (κ3) is 3.30. The van der Waals surface area contributed by atoms with Crippen molar-refractivity contribution in [3.8, 4) is 0 Å². The summed E-state index contributed by atoms with van der Waals surface area (Å²) in [7, 11) is 2.11. The lowest BCUT2D eigenvalue weighted by atomic mass is 10.0. The zero-order chi connectivity index (χ0) is 11.4. The quantitative estimate of drug-likeness (QED) is 0.853. The van der Waals surface area contributed by atoms with E-state index in [4.69, 9.17) is 0 Å². The molecule has 2 rings (SSSR count). The predicted molar refractivity (Wildman–Crippen MR) is 68.9 cm³/mol. The summed E-state index contributed by atoms with van der Waals surface area (Å²) in [6.07, 6.45) is 5.44. The highest BCUT2D eigenvalue weighted by Gasteiger charge is 2.31. The van der Waals surface area contributed by atoms with Crippen LogP contribution in [-0.2, 0) is 6.42 Å². The van der Waals surface area contributed by atoms with Crippen molar-refractivity contribution in [3.63, 3.8) is 0 Å². The first-order chi connectivity index (χ1) is 7.68. The van der Waals surface area contributed by atoms with Crippen LogP contribution in [-0.4, -0.2) is 35.7 Å². The highest BCUT2D eigenvalue weighted by atomic mass is 32.1. The second-order valence-electron chi connectivity index (χ2n) is 5.05. The molecule has 0 saturated heterocycles. The van der Waals surface area contributed by atoms with Crippen LogP contribution < -0.4 is 0 Å². The lowest BCUT2D eigenvalue weighted by molar-refractivity contribution is 0.0167. The zero-order valence-electron chi connectivity index (χ0n) is 9.98. The molecule has 2 nitrogen and oxygen atoms in total. The molecule has 1 aliphatic carbocycles. The van der Waals surface area contributed by atoms with E-state index in [-0.39, 0.29) is 0 Å². The van der Waals surface area contributed by atoms with Gasteiger partial charge in [-0.15, -0.1) is 0 Å². The van der Waals surface area contributed by atoms with Crippen LogP contribution in [0.4, 0.5) is 0 Å². The van der Waals surface area contributed by atoms with Crippen molar-refractivity contribution in [1.82, 2.24) is 4.90 Å². The van der Waals surface area contributed by atoms with Crippen molar-refractivity contribution in [2.45, 2.75) is 37.7 Å². The minimum Gasteiger partial charge on any atom is -0.389 e. The number of hydrogen-bond acceptors (Lipinski definition) is 3. The molecule has 0 atom stereocenters. The van der Waals surface area contributed by atoms with Gasteiger partial charge in [-0.05, 0) is 48.7 Å². The number of rotatable bonds is 5. The minimum absolute atomic E-state index is 0.399. The van der Waals surface area contributed by atoms with Crippen LogP contribution >= 0.6 is 11.3 Å². The molecule has 0 amide bonds. The normalized spacial score (nSPS) is 19.4. The van der Waals surface area contributed by atoms with Gasteiger partial charge in [-0.1, -0.05) is 12.8 Å². The Morgan fingerprint density at radius 1 is 1.44 bits per heavy atom. The maximum absolute atomic E-state index is 10.3. The summed E-state index contributed by atoms with van der Waals surface area (Å²) in [6, 6.07) is 2.18. The van der Waals surface area contributed by atoms with E-state index in [0.717, 1.165) is 32.4 Å². The van der Waals surface area contributed by atoms with Crippen molar-refractivity contribution >= 4 is 11.3 Å². The lowest BCUT2D eigenvalue weighted by Crippen LogP contribution is -2.39. The van der Waals surface area contributed by atoms with Crippen LogP contribution in [0.5, 0.6) is 0 Å². The van der Waals surface area contributed by atoms with Crippen LogP contribution in [0.15, 0.2) is 16.8 Å². The SMILES string of the molecule is CN(CCc1ccsc1)CC1(O)CCCC1. The lowest BCUT2D eigenvalue weighted by Gasteiger charge is -2.28. The third-order valence-corrected chi connectivity index (χ3v) is 4.19. The van der Waals surface area contributed by atoms with Gasteiger partial charge in [0.15, 0.2) is 0 Å². The van der Waals surface area contributed by atoms with E-state index in [9.17, 15) is 5.11 Å². The Balaban J connectivity index is 1.73. The van der Waals surface area contributed by atoms with Gasteiger partial charge in [-0.2, -0.15) is 11.3 Å². The topological polar surface area (TPSA) is 23.5 Å².